The summed E-state index contributed by atoms with van der Waals surface area (Å²) in [6.45, 7) is 8.68. The highest BCUT2D eigenvalue weighted by Gasteiger charge is 2.15. The van der Waals surface area contributed by atoms with E-state index < -0.39 is 0 Å². The quantitative estimate of drug-likeness (QED) is 0.710. The van der Waals surface area contributed by atoms with Crippen LogP contribution in [0.25, 0.3) is 0 Å². The second-order valence-corrected chi connectivity index (χ2v) is 4.54. The van der Waals surface area contributed by atoms with Crippen LogP contribution in [-0.4, -0.2) is 53.8 Å². The summed E-state index contributed by atoms with van der Waals surface area (Å²) in [6, 6.07) is 0.318. The highest BCUT2D eigenvalue weighted by Crippen LogP contribution is 2.15. The molecule has 1 atom stereocenters. The molecule has 1 unspecified atom stereocenters. The number of nitrogen functional groups attached to an aromatic ring is 1. The van der Waals surface area contributed by atoms with Crippen molar-refractivity contribution in [3.63, 3.8) is 0 Å². The number of anilines is 2. The molecule has 0 saturated carbocycles. The number of aromatic nitrogens is 2. The van der Waals surface area contributed by atoms with E-state index >= 15 is 0 Å². The van der Waals surface area contributed by atoms with Crippen molar-refractivity contribution >= 4 is 11.6 Å². The predicted molar refractivity (Wildman–Crippen MR) is 68.1 cm³/mol. The summed E-state index contributed by atoms with van der Waals surface area (Å²) in [5.74, 6) is 2.20. The van der Waals surface area contributed by atoms with Gasteiger partial charge in [-0.1, -0.05) is 0 Å². The van der Waals surface area contributed by atoms with Crippen LogP contribution < -0.4 is 11.1 Å². The van der Waals surface area contributed by atoms with Crippen LogP contribution in [0.3, 0.4) is 0 Å². The lowest BCUT2D eigenvalue weighted by Gasteiger charge is -2.29. The molecular weight excluding hydrogens is 218 g/mol. The van der Waals surface area contributed by atoms with Crippen LogP contribution in [0.4, 0.5) is 11.6 Å². The number of ether oxygens (including phenoxy) is 1. The van der Waals surface area contributed by atoms with Crippen molar-refractivity contribution in [2.45, 2.75) is 19.9 Å². The standard InChI is InChI=1S/C11H21N5O/c1-8(7-16-3-5-17-6-4-16)13-11-10(12)14-9(2)15-11/h8,13H,3-7,12H2,1-2H3,(H,14,15). The Morgan fingerprint density at radius 1 is 1.53 bits per heavy atom. The van der Waals surface area contributed by atoms with E-state index in [1.54, 1.807) is 0 Å². The largest absolute Gasteiger partial charge is 0.382 e. The zero-order valence-corrected chi connectivity index (χ0v) is 10.5. The van der Waals surface area contributed by atoms with E-state index in [9.17, 15) is 0 Å². The van der Waals surface area contributed by atoms with Crippen molar-refractivity contribution in [1.29, 1.82) is 0 Å². The van der Waals surface area contributed by atoms with E-state index in [1.807, 2.05) is 6.92 Å². The van der Waals surface area contributed by atoms with Crippen molar-refractivity contribution in [2.75, 3.05) is 43.9 Å². The van der Waals surface area contributed by atoms with E-state index in [0.717, 1.165) is 44.5 Å². The van der Waals surface area contributed by atoms with Gasteiger partial charge >= 0.3 is 0 Å². The normalized spacial score (nSPS) is 19.2. The molecule has 2 heterocycles. The van der Waals surface area contributed by atoms with Gasteiger partial charge in [-0.2, -0.15) is 0 Å². The van der Waals surface area contributed by atoms with Gasteiger partial charge in [0, 0.05) is 25.7 Å². The van der Waals surface area contributed by atoms with Gasteiger partial charge in [-0.25, -0.2) is 4.98 Å². The van der Waals surface area contributed by atoms with Gasteiger partial charge in [-0.3, -0.25) is 4.90 Å². The van der Waals surface area contributed by atoms with Crippen LogP contribution >= 0.6 is 0 Å². The Labute approximate surface area is 102 Å². The molecule has 1 aliphatic heterocycles. The van der Waals surface area contributed by atoms with E-state index in [4.69, 9.17) is 10.5 Å². The first-order valence-corrected chi connectivity index (χ1v) is 6.04. The van der Waals surface area contributed by atoms with E-state index in [0.29, 0.717) is 11.9 Å². The maximum absolute atomic E-state index is 5.81. The Morgan fingerprint density at radius 3 is 2.82 bits per heavy atom. The average Bonchev–Trinajstić information content (AvgIpc) is 2.58. The molecule has 0 spiro atoms. The second-order valence-electron chi connectivity index (χ2n) is 4.54. The van der Waals surface area contributed by atoms with E-state index in [-0.39, 0.29) is 0 Å². The van der Waals surface area contributed by atoms with Crippen LogP contribution in [0, 0.1) is 6.92 Å². The summed E-state index contributed by atoms with van der Waals surface area (Å²) in [4.78, 5) is 9.68. The van der Waals surface area contributed by atoms with Crippen molar-refractivity contribution in [2.24, 2.45) is 0 Å². The fraction of sp³-hybridized carbons (Fsp3) is 0.727. The number of nitrogens with one attached hydrogen (secondary N) is 2. The number of imidazole rings is 1. The molecule has 0 aliphatic carbocycles. The molecule has 1 fully saturated rings. The summed E-state index contributed by atoms with van der Waals surface area (Å²) in [5, 5.41) is 3.33. The van der Waals surface area contributed by atoms with Crippen LogP contribution in [0.1, 0.15) is 12.7 Å². The van der Waals surface area contributed by atoms with Gasteiger partial charge in [0.15, 0.2) is 5.82 Å². The topological polar surface area (TPSA) is 79.2 Å². The van der Waals surface area contributed by atoms with Gasteiger partial charge in [0.1, 0.15) is 11.6 Å². The Hall–Kier alpha value is -1.27. The van der Waals surface area contributed by atoms with Crippen molar-refractivity contribution in [3.8, 4) is 0 Å². The maximum Gasteiger partial charge on any atom is 0.169 e. The first kappa shape index (κ1) is 12.2. The highest BCUT2D eigenvalue weighted by molar-refractivity contribution is 5.57. The highest BCUT2D eigenvalue weighted by atomic mass is 16.5. The molecule has 1 aromatic rings. The number of hydrogen-bond donors (Lipinski definition) is 3. The molecule has 0 bridgehead atoms. The molecule has 1 saturated heterocycles. The number of H-pyrrole nitrogens is 1. The first-order valence-electron chi connectivity index (χ1n) is 6.04. The van der Waals surface area contributed by atoms with E-state index in [1.165, 1.54) is 0 Å². The number of nitrogens with two attached hydrogens (primary N) is 1. The smallest absolute Gasteiger partial charge is 0.169 e. The average molecular weight is 239 g/mol. The summed E-state index contributed by atoms with van der Waals surface area (Å²) in [6.07, 6.45) is 0. The lowest BCUT2D eigenvalue weighted by atomic mass is 10.3. The molecule has 0 aromatic carbocycles. The molecule has 6 nitrogen and oxygen atoms in total. The van der Waals surface area contributed by atoms with Crippen LogP contribution in [0.5, 0.6) is 0 Å². The third-order valence-electron chi connectivity index (χ3n) is 2.87. The number of morpholine rings is 1. The Balaban J connectivity index is 1.83. The summed E-state index contributed by atoms with van der Waals surface area (Å²) in [5.41, 5.74) is 5.81. The molecule has 2 rings (SSSR count). The summed E-state index contributed by atoms with van der Waals surface area (Å²) >= 11 is 0. The molecule has 96 valence electrons. The minimum Gasteiger partial charge on any atom is -0.382 e. The van der Waals surface area contributed by atoms with Gasteiger partial charge < -0.3 is 20.8 Å². The first-order chi connectivity index (χ1) is 8.15. The molecule has 1 aromatic heterocycles. The van der Waals surface area contributed by atoms with Gasteiger partial charge in [-0.15, -0.1) is 0 Å². The maximum atomic E-state index is 5.81. The SMILES string of the molecule is Cc1nc(NC(C)CN2CCOCC2)c(N)[nH]1. The number of hydrogen-bond acceptors (Lipinski definition) is 5. The zero-order chi connectivity index (χ0) is 12.3. The van der Waals surface area contributed by atoms with Gasteiger partial charge in [0.05, 0.1) is 13.2 Å². The third-order valence-corrected chi connectivity index (χ3v) is 2.87. The molecule has 17 heavy (non-hydrogen) atoms. The molecule has 6 heteroatoms. The molecule has 4 N–H and O–H groups in total. The Morgan fingerprint density at radius 2 is 2.24 bits per heavy atom. The number of aromatic amines is 1. The number of rotatable bonds is 4. The molecule has 1 aliphatic rings. The lowest BCUT2D eigenvalue weighted by Crippen LogP contribution is -2.42. The minimum absolute atomic E-state index is 0.318. The predicted octanol–water partition coefficient (Wildman–Crippen LogP) is 0.433. The zero-order valence-electron chi connectivity index (χ0n) is 10.5. The number of nitrogens with zero attached hydrogens (tertiary/aromatic N) is 2. The molecule has 0 radical (unpaired) electrons. The van der Waals surface area contributed by atoms with E-state index in [2.05, 4.69) is 27.1 Å². The van der Waals surface area contributed by atoms with Crippen LogP contribution in [0.2, 0.25) is 0 Å². The van der Waals surface area contributed by atoms with Gasteiger partial charge in [0.25, 0.3) is 0 Å². The second kappa shape index (κ2) is 5.37. The van der Waals surface area contributed by atoms with Crippen LogP contribution in [-0.2, 0) is 4.74 Å². The lowest BCUT2D eigenvalue weighted by molar-refractivity contribution is 0.0368. The fourth-order valence-electron chi connectivity index (χ4n) is 2.07. The van der Waals surface area contributed by atoms with Gasteiger partial charge in [0.2, 0.25) is 0 Å². The number of aryl methyl sites for hydroxylation is 1. The van der Waals surface area contributed by atoms with Crippen molar-refractivity contribution in [3.05, 3.63) is 5.82 Å². The van der Waals surface area contributed by atoms with Crippen molar-refractivity contribution < 1.29 is 4.74 Å². The minimum atomic E-state index is 0.318. The third kappa shape index (κ3) is 3.34. The fourth-order valence-corrected chi connectivity index (χ4v) is 2.07. The summed E-state index contributed by atoms with van der Waals surface area (Å²) < 4.78 is 5.32. The Kier molecular flexibility index (Phi) is 3.86. The monoisotopic (exact) mass is 239 g/mol. The van der Waals surface area contributed by atoms with Crippen molar-refractivity contribution in [1.82, 2.24) is 14.9 Å². The molecule has 0 amide bonds. The summed E-state index contributed by atoms with van der Waals surface area (Å²) in [7, 11) is 0. The molecular formula is C11H21N5O. The Bertz CT molecular complexity index is 359. The van der Waals surface area contributed by atoms with Gasteiger partial charge in [-0.05, 0) is 13.8 Å². The van der Waals surface area contributed by atoms with Crippen LogP contribution in [0.15, 0.2) is 0 Å².